The molecule has 0 atom stereocenters. The lowest BCUT2D eigenvalue weighted by atomic mass is 10.1. The second kappa shape index (κ2) is 6.97. The molecule has 0 saturated heterocycles. The highest BCUT2D eigenvalue weighted by Crippen LogP contribution is 2.29. The number of methoxy groups -OCH3 is 2. The van der Waals surface area contributed by atoms with E-state index in [0.29, 0.717) is 22.8 Å². The van der Waals surface area contributed by atoms with Crippen molar-refractivity contribution in [3.8, 4) is 11.5 Å². The van der Waals surface area contributed by atoms with Crippen LogP contribution in [0.4, 0.5) is 0 Å². The van der Waals surface area contributed by atoms with Gasteiger partial charge in [-0.3, -0.25) is 4.79 Å². The number of fused-ring (bicyclic) bond motifs is 1. The van der Waals surface area contributed by atoms with E-state index < -0.39 is 0 Å². The summed E-state index contributed by atoms with van der Waals surface area (Å²) in [5, 5.41) is 0.824. The number of carbonyl (C=O) groups excluding carboxylic acids is 1. The van der Waals surface area contributed by atoms with Gasteiger partial charge in [0, 0.05) is 12.6 Å². The quantitative estimate of drug-likeness (QED) is 0.506. The summed E-state index contributed by atoms with van der Waals surface area (Å²) in [7, 11) is 5.08. The molecule has 124 valence electrons. The molecule has 5 nitrogen and oxygen atoms in total. The predicted molar refractivity (Wildman–Crippen MR) is 95.3 cm³/mol. The van der Waals surface area contributed by atoms with Crippen LogP contribution in [0.3, 0.4) is 0 Å². The Morgan fingerprint density at radius 2 is 1.88 bits per heavy atom. The SMILES string of the molecule is COc1ccc(C(=O)CSc2nc3ccccc3n2C)cc1OC. The fourth-order valence-electron chi connectivity index (χ4n) is 2.48. The molecular formula is C18H18N2O3S. The van der Waals surface area contributed by atoms with Gasteiger partial charge in [0.1, 0.15) is 0 Å². The van der Waals surface area contributed by atoms with Gasteiger partial charge < -0.3 is 14.0 Å². The molecule has 0 unspecified atom stereocenters. The summed E-state index contributed by atoms with van der Waals surface area (Å²) in [5.74, 6) is 1.49. The summed E-state index contributed by atoms with van der Waals surface area (Å²) in [4.78, 5) is 17.0. The van der Waals surface area contributed by atoms with Crippen molar-refractivity contribution in [2.45, 2.75) is 5.16 Å². The zero-order chi connectivity index (χ0) is 17.1. The Morgan fingerprint density at radius 1 is 1.12 bits per heavy atom. The topological polar surface area (TPSA) is 53.3 Å². The number of aryl methyl sites for hydroxylation is 1. The number of ketones is 1. The summed E-state index contributed by atoms with van der Waals surface area (Å²) in [6, 6.07) is 13.1. The van der Waals surface area contributed by atoms with Crippen molar-refractivity contribution in [2.24, 2.45) is 7.05 Å². The molecule has 3 aromatic rings. The number of imidazole rings is 1. The second-order valence-corrected chi connectivity index (χ2v) is 6.17. The standard InChI is InChI=1S/C18H18N2O3S/c1-20-14-7-5-4-6-13(14)19-18(20)24-11-15(21)12-8-9-16(22-2)17(10-12)23-3/h4-10H,11H2,1-3H3. The largest absolute Gasteiger partial charge is 0.493 e. The van der Waals surface area contributed by atoms with Crippen LogP contribution in [-0.4, -0.2) is 35.3 Å². The maximum absolute atomic E-state index is 12.5. The summed E-state index contributed by atoms with van der Waals surface area (Å²) in [6.45, 7) is 0. The van der Waals surface area contributed by atoms with Crippen LogP contribution < -0.4 is 9.47 Å². The molecule has 0 spiro atoms. The molecule has 0 aliphatic rings. The third-order valence-corrected chi connectivity index (χ3v) is 4.81. The summed E-state index contributed by atoms with van der Waals surface area (Å²) in [6.07, 6.45) is 0. The summed E-state index contributed by atoms with van der Waals surface area (Å²) < 4.78 is 12.4. The first-order valence-electron chi connectivity index (χ1n) is 7.43. The lowest BCUT2D eigenvalue weighted by molar-refractivity contribution is 0.102. The van der Waals surface area contributed by atoms with Crippen molar-refractivity contribution in [3.63, 3.8) is 0 Å². The molecule has 2 aromatic carbocycles. The normalized spacial score (nSPS) is 10.8. The van der Waals surface area contributed by atoms with Gasteiger partial charge in [-0.2, -0.15) is 0 Å². The Bertz CT molecular complexity index is 889. The molecule has 0 aliphatic heterocycles. The van der Waals surface area contributed by atoms with E-state index in [1.54, 1.807) is 32.4 Å². The van der Waals surface area contributed by atoms with Crippen LogP contribution >= 0.6 is 11.8 Å². The van der Waals surface area contributed by atoms with E-state index in [4.69, 9.17) is 9.47 Å². The number of hydrogen-bond acceptors (Lipinski definition) is 5. The molecule has 6 heteroatoms. The molecular weight excluding hydrogens is 324 g/mol. The monoisotopic (exact) mass is 342 g/mol. The van der Waals surface area contributed by atoms with Crippen LogP contribution in [0.5, 0.6) is 11.5 Å². The zero-order valence-corrected chi connectivity index (χ0v) is 14.6. The molecule has 0 bridgehead atoms. The van der Waals surface area contributed by atoms with E-state index in [1.807, 2.05) is 35.9 Å². The van der Waals surface area contributed by atoms with Crippen molar-refractivity contribution < 1.29 is 14.3 Å². The number of aromatic nitrogens is 2. The molecule has 0 aliphatic carbocycles. The Labute approximate surface area is 144 Å². The molecule has 0 fully saturated rings. The van der Waals surface area contributed by atoms with Gasteiger partial charge >= 0.3 is 0 Å². The minimum atomic E-state index is 0.0213. The highest BCUT2D eigenvalue weighted by Gasteiger charge is 2.14. The van der Waals surface area contributed by atoms with Gasteiger partial charge in [-0.15, -0.1) is 0 Å². The number of hydrogen-bond donors (Lipinski definition) is 0. The van der Waals surface area contributed by atoms with Gasteiger partial charge in [0.05, 0.1) is 31.0 Å². The van der Waals surface area contributed by atoms with E-state index in [1.165, 1.54) is 11.8 Å². The number of benzene rings is 2. The molecule has 0 amide bonds. The van der Waals surface area contributed by atoms with E-state index in [9.17, 15) is 4.79 Å². The third kappa shape index (κ3) is 3.10. The highest BCUT2D eigenvalue weighted by molar-refractivity contribution is 7.99. The Morgan fingerprint density at radius 3 is 2.58 bits per heavy atom. The van der Waals surface area contributed by atoms with Gasteiger partial charge in [0.15, 0.2) is 22.4 Å². The van der Waals surface area contributed by atoms with Gasteiger partial charge in [-0.1, -0.05) is 23.9 Å². The Hall–Kier alpha value is -2.47. The number of nitrogens with zero attached hydrogens (tertiary/aromatic N) is 2. The van der Waals surface area contributed by atoms with Crippen LogP contribution in [0.15, 0.2) is 47.6 Å². The lowest BCUT2D eigenvalue weighted by Crippen LogP contribution is -2.04. The fourth-order valence-corrected chi connectivity index (χ4v) is 3.36. The van der Waals surface area contributed by atoms with Gasteiger partial charge in [0.2, 0.25) is 0 Å². The number of carbonyl (C=O) groups is 1. The molecule has 0 N–H and O–H groups in total. The number of thioether (sulfide) groups is 1. The van der Waals surface area contributed by atoms with Gasteiger partial charge in [-0.25, -0.2) is 4.98 Å². The maximum Gasteiger partial charge on any atom is 0.173 e. The van der Waals surface area contributed by atoms with E-state index in [0.717, 1.165) is 16.2 Å². The third-order valence-electron chi connectivity index (χ3n) is 3.78. The van der Waals surface area contributed by atoms with Crippen molar-refractivity contribution in [2.75, 3.05) is 20.0 Å². The Balaban J connectivity index is 1.76. The average Bonchev–Trinajstić information content (AvgIpc) is 2.95. The average molecular weight is 342 g/mol. The maximum atomic E-state index is 12.5. The first kappa shape index (κ1) is 16.4. The number of para-hydroxylation sites is 2. The lowest BCUT2D eigenvalue weighted by Gasteiger charge is -2.09. The van der Waals surface area contributed by atoms with Gasteiger partial charge in [-0.05, 0) is 30.3 Å². The molecule has 1 aromatic heterocycles. The van der Waals surface area contributed by atoms with Gasteiger partial charge in [0.25, 0.3) is 0 Å². The van der Waals surface area contributed by atoms with Crippen molar-refractivity contribution in [3.05, 3.63) is 48.0 Å². The predicted octanol–water partition coefficient (Wildman–Crippen LogP) is 3.57. The fraction of sp³-hybridized carbons (Fsp3) is 0.222. The molecule has 3 rings (SSSR count). The molecule has 24 heavy (non-hydrogen) atoms. The van der Waals surface area contributed by atoms with Crippen LogP contribution in [0.1, 0.15) is 10.4 Å². The molecule has 0 radical (unpaired) electrons. The minimum Gasteiger partial charge on any atom is -0.493 e. The first-order valence-corrected chi connectivity index (χ1v) is 8.42. The second-order valence-electron chi connectivity index (χ2n) is 5.22. The van der Waals surface area contributed by atoms with E-state index in [-0.39, 0.29) is 5.78 Å². The molecule has 0 saturated carbocycles. The van der Waals surface area contributed by atoms with Crippen molar-refractivity contribution in [1.29, 1.82) is 0 Å². The van der Waals surface area contributed by atoms with Crippen molar-refractivity contribution in [1.82, 2.24) is 9.55 Å². The van der Waals surface area contributed by atoms with Crippen molar-refractivity contribution >= 4 is 28.6 Å². The van der Waals surface area contributed by atoms with E-state index in [2.05, 4.69) is 4.98 Å². The minimum absolute atomic E-state index is 0.0213. The van der Waals surface area contributed by atoms with E-state index >= 15 is 0 Å². The number of ether oxygens (including phenoxy) is 2. The zero-order valence-electron chi connectivity index (χ0n) is 13.8. The first-order chi connectivity index (χ1) is 11.6. The highest BCUT2D eigenvalue weighted by atomic mass is 32.2. The van der Waals surface area contributed by atoms with Crippen LogP contribution in [0.2, 0.25) is 0 Å². The summed E-state index contributed by atoms with van der Waals surface area (Å²) >= 11 is 1.43. The Kier molecular flexibility index (Phi) is 4.76. The summed E-state index contributed by atoms with van der Waals surface area (Å²) in [5.41, 5.74) is 2.58. The van der Waals surface area contributed by atoms with Crippen LogP contribution in [0, 0.1) is 0 Å². The number of Topliss-reactive ketones (excluding diaryl/α,β-unsaturated/α-hetero) is 1. The van der Waals surface area contributed by atoms with Crippen LogP contribution in [-0.2, 0) is 7.05 Å². The van der Waals surface area contributed by atoms with Crippen LogP contribution in [0.25, 0.3) is 11.0 Å². The molecule has 1 heterocycles. The smallest absolute Gasteiger partial charge is 0.173 e. The number of rotatable bonds is 6.